The fourth-order valence-corrected chi connectivity index (χ4v) is 4.00. The van der Waals surface area contributed by atoms with E-state index in [2.05, 4.69) is 20.4 Å². The van der Waals surface area contributed by atoms with Gasteiger partial charge in [0.25, 0.3) is 5.91 Å². The third-order valence-electron chi connectivity index (χ3n) is 5.42. The number of carbonyl (C=O) groups is 2. The van der Waals surface area contributed by atoms with E-state index in [-0.39, 0.29) is 17.9 Å². The zero-order valence-electron chi connectivity index (χ0n) is 15.0. The number of carbonyl (C=O) groups excluding carboxylic acids is 2. The summed E-state index contributed by atoms with van der Waals surface area (Å²) in [6, 6.07) is 5.54. The quantitative estimate of drug-likeness (QED) is 0.770. The van der Waals surface area contributed by atoms with Crippen LogP contribution in [0.5, 0.6) is 0 Å². The Kier molecular flexibility index (Phi) is 5.08. The first kappa shape index (κ1) is 17.3. The summed E-state index contributed by atoms with van der Waals surface area (Å²) in [5.41, 5.74) is 2.36. The molecule has 3 aliphatic heterocycles. The van der Waals surface area contributed by atoms with Crippen molar-refractivity contribution in [2.75, 3.05) is 56.2 Å². The van der Waals surface area contributed by atoms with Gasteiger partial charge in [0.05, 0.1) is 24.6 Å². The summed E-state index contributed by atoms with van der Waals surface area (Å²) in [6.07, 6.45) is 2.85. The van der Waals surface area contributed by atoms with Crippen LogP contribution in [0.1, 0.15) is 29.6 Å². The summed E-state index contributed by atoms with van der Waals surface area (Å²) in [7, 11) is 0. The molecule has 0 radical (unpaired) electrons. The predicted octanol–water partition coefficient (Wildman–Crippen LogP) is 1.06. The maximum absolute atomic E-state index is 12.4. The number of hydrogen-bond acceptors (Lipinski definition) is 5. The summed E-state index contributed by atoms with van der Waals surface area (Å²) in [4.78, 5) is 29.1. The number of benzene rings is 1. The van der Waals surface area contributed by atoms with Crippen molar-refractivity contribution in [2.24, 2.45) is 0 Å². The number of amides is 2. The van der Waals surface area contributed by atoms with Crippen LogP contribution in [0.25, 0.3) is 0 Å². The van der Waals surface area contributed by atoms with Crippen LogP contribution in [-0.4, -0.2) is 68.7 Å². The first-order valence-electron chi connectivity index (χ1n) is 9.52. The average Bonchev–Trinajstić information content (AvgIpc) is 3.16. The Labute approximate surface area is 153 Å². The topological polar surface area (TPSA) is 73.9 Å². The van der Waals surface area contributed by atoms with Crippen molar-refractivity contribution in [1.29, 1.82) is 0 Å². The normalized spacial score (nSPS) is 22.5. The van der Waals surface area contributed by atoms with Crippen LogP contribution in [0.3, 0.4) is 0 Å². The largest absolute Gasteiger partial charge is 0.379 e. The smallest absolute Gasteiger partial charge is 0.251 e. The van der Waals surface area contributed by atoms with Gasteiger partial charge in [0, 0.05) is 31.7 Å². The summed E-state index contributed by atoms with van der Waals surface area (Å²) < 4.78 is 5.34. The lowest BCUT2D eigenvalue weighted by molar-refractivity contribution is -0.117. The highest BCUT2D eigenvalue weighted by Crippen LogP contribution is 2.37. The van der Waals surface area contributed by atoms with Crippen molar-refractivity contribution in [3.8, 4) is 0 Å². The van der Waals surface area contributed by atoms with E-state index in [1.807, 2.05) is 12.1 Å². The molecule has 1 unspecified atom stereocenters. The van der Waals surface area contributed by atoms with Gasteiger partial charge in [-0.05, 0) is 44.0 Å². The molecule has 0 spiro atoms. The van der Waals surface area contributed by atoms with Crippen LogP contribution >= 0.6 is 0 Å². The van der Waals surface area contributed by atoms with Gasteiger partial charge >= 0.3 is 0 Å². The second-order valence-electron chi connectivity index (χ2n) is 7.14. The minimum absolute atomic E-state index is 0.0399. The molecule has 7 nitrogen and oxygen atoms in total. The molecule has 3 heterocycles. The second kappa shape index (κ2) is 7.63. The van der Waals surface area contributed by atoms with E-state index in [1.54, 1.807) is 6.07 Å². The van der Waals surface area contributed by atoms with Gasteiger partial charge in [0.2, 0.25) is 5.91 Å². The van der Waals surface area contributed by atoms with E-state index >= 15 is 0 Å². The molecule has 4 rings (SSSR count). The number of morpholine rings is 1. The predicted molar refractivity (Wildman–Crippen MR) is 99.6 cm³/mol. The molecule has 1 aromatic carbocycles. The molecular formula is C19H26N4O3. The van der Waals surface area contributed by atoms with Gasteiger partial charge in [0.1, 0.15) is 6.04 Å². The van der Waals surface area contributed by atoms with E-state index in [4.69, 9.17) is 4.74 Å². The van der Waals surface area contributed by atoms with Crippen molar-refractivity contribution in [1.82, 2.24) is 10.2 Å². The summed E-state index contributed by atoms with van der Waals surface area (Å²) in [5, 5.41) is 5.94. The molecule has 0 aromatic heterocycles. The number of rotatable bonds is 5. The van der Waals surface area contributed by atoms with Gasteiger partial charge < -0.3 is 20.3 Å². The maximum atomic E-state index is 12.4. The zero-order valence-corrected chi connectivity index (χ0v) is 15.0. The minimum Gasteiger partial charge on any atom is -0.379 e. The van der Waals surface area contributed by atoms with Crippen LogP contribution in [0, 0.1) is 0 Å². The first-order valence-corrected chi connectivity index (χ1v) is 9.52. The Morgan fingerprint density at radius 1 is 1.27 bits per heavy atom. The lowest BCUT2D eigenvalue weighted by atomic mass is 10.1. The minimum atomic E-state index is -0.0902. The van der Waals surface area contributed by atoms with Crippen molar-refractivity contribution in [3.63, 3.8) is 0 Å². The third kappa shape index (κ3) is 3.54. The molecule has 0 aliphatic carbocycles. The first-order chi connectivity index (χ1) is 12.7. The Balaban J connectivity index is 1.32. The Hall–Kier alpha value is -2.12. The van der Waals surface area contributed by atoms with Crippen LogP contribution in [0.2, 0.25) is 0 Å². The summed E-state index contributed by atoms with van der Waals surface area (Å²) in [5.74, 6) is -0.0503. The second-order valence-corrected chi connectivity index (χ2v) is 7.14. The number of fused-ring (bicyclic) bond motifs is 3. The highest BCUT2D eigenvalue weighted by molar-refractivity contribution is 6.06. The third-order valence-corrected chi connectivity index (χ3v) is 5.42. The summed E-state index contributed by atoms with van der Waals surface area (Å²) in [6.45, 7) is 6.05. The van der Waals surface area contributed by atoms with E-state index in [0.717, 1.165) is 70.0 Å². The molecule has 26 heavy (non-hydrogen) atoms. The SMILES string of the molecule is O=C(NCCCN1CCOCC1)c1ccc2c(c1)NC(=O)C1CCCN21. The van der Waals surface area contributed by atoms with E-state index in [1.165, 1.54) is 0 Å². The van der Waals surface area contributed by atoms with E-state index < -0.39 is 0 Å². The van der Waals surface area contributed by atoms with Gasteiger partial charge in [-0.2, -0.15) is 0 Å². The van der Waals surface area contributed by atoms with Gasteiger partial charge in [-0.25, -0.2) is 0 Å². The number of nitrogens with one attached hydrogen (secondary N) is 2. The van der Waals surface area contributed by atoms with Crippen molar-refractivity contribution in [2.45, 2.75) is 25.3 Å². The average molecular weight is 358 g/mol. The molecule has 1 atom stereocenters. The number of nitrogens with zero attached hydrogens (tertiary/aromatic N) is 2. The van der Waals surface area contributed by atoms with E-state index in [0.29, 0.717) is 12.1 Å². The molecule has 3 aliphatic rings. The van der Waals surface area contributed by atoms with Crippen molar-refractivity contribution >= 4 is 23.2 Å². The van der Waals surface area contributed by atoms with Gasteiger partial charge in [0.15, 0.2) is 0 Å². The molecule has 2 fully saturated rings. The maximum Gasteiger partial charge on any atom is 0.251 e. The Bertz CT molecular complexity index is 687. The van der Waals surface area contributed by atoms with Gasteiger partial charge in [-0.1, -0.05) is 0 Å². The van der Waals surface area contributed by atoms with Crippen LogP contribution in [0.4, 0.5) is 11.4 Å². The number of hydrogen-bond donors (Lipinski definition) is 2. The fraction of sp³-hybridized carbons (Fsp3) is 0.579. The van der Waals surface area contributed by atoms with Crippen molar-refractivity contribution < 1.29 is 14.3 Å². The molecular weight excluding hydrogens is 332 g/mol. The van der Waals surface area contributed by atoms with Crippen LogP contribution in [-0.2, 0) is 9.53 Å². The van der Waals surface area contributed by atoms with Gasteiger partial charge in [-0.3, -0.25) is 14.5 Å². The highest BCUT2D eigenvalue weighted by Gasteiger charge is 2.36. The molecule has 2 saturated heterocycles. The molecule has 0 saturated carbocycles. The van der Waals surface area contributed by atoms with Crippen LogP contribution < -0.4 is 15.5 Å². The monoisotopic (exact) mass is 358 g/mol. The lowest BCUT2D eigenvalue weighted by Gasteiger charge is -2.33. The van der Waals surface area contributed by atoms with Crippen LogP contribution in [0.15, 0.2) is 18.2 Å². The Morgan fingerprint density at radius 3 is 2.96 bits per heavy atom. The Morgan fingerprint density at radius 2 is 2.12 bits per heavy atom. The van der Waals surface area contributed by atoms with E-state index in [9.17, 15) is 9.59 Å². The molecule has 0 bridgehead atoms. The molecule has 2 N–H and O–H groups in total. The molecule has 140 valence electrons. The number of anilines is 2. The number of ether oxygens (including phenoxy) is 1. The lowest BCUT2D eigenvalue weighted by Crippen LogP contribution is -2.44. The van der Waals surface area contributed by atoms with Gasteiger partial charge in [-0.15, -0.1) is 0 Å². The standard InChI is InChI=1S/C19H26N4O3/c24-18(20-6-2-7-22-9-11-26-12-10-22)14-4-5-16-15(13-14)21-19(25)17-3-1-8-23(16)17/h4-5,13,17H,1-3,6-12H2,(H,20,24)(H,21,25). The summed E-state index contributed by atoms with van der Waals surface area (Å²) >= 11 is 0. The fourth-order valence-electron chi connectivity index (χ4n) is 4.00. The zero-order chi connectivity index (χ0) is 17.9. The van der Waals surface area contributed by atoms with Crippen molar-refractivity contribution in [3.05, 3.63) is 23.8 Å². The molecule has 7 heteroatoms. The molecule has 1 aromatic rings. The molecule has 2 amide bonds. The highest BCUT2D eigenvalue weighted by atomic mass is 16.5.